The fourth-order valence-electron chi connectivity index (χ4n) is 12.8. The van der Waals surface area contributed by atoms with E-state index in [9.17, 15) is 19.8 Å². The van der Waals surface area contributed by atoms with Crippen molar-refractivity contribution in [3.63, 3.8) is 0 Å². The summed E-state index contributed by atoms with van der Waals surface area (Å²) in [5.74, 6) is -2.53. The van der Waals surface area contributed by atoms with Crippen molar-refractivity contribution in [3.05, 3.63) is 77.0 Å². The summed E-state index contributed by atoms with van der Waals surface area (Å²) in [6.45, 7) is 10.6. The summed E-state index contributed by atoms with van der Waals surface area (Å²) in [5, 5.41) is 28.1. The van der Waals surface area contributed by atoms with Gasteiger partial charge in [-0.2, -0.15) is 9.97 Å². The SMILES string of the molecule is CCc1c(F)ccc2cc(O)cc(-c3ncc4c(N5CCC[C@@](C)(O)C5)nc(OCC5(CN6CCC7(CC6)CC(CN6CCC(c8cc(F)c(NC9CCC(=O)NC9=O)c(F)c8)CC6)C7)CC5)nc4c3F)c12. The van der Waals surface area contributed by atoms with Crippen LogP contribution < -0.4 is 20.3 Å². The fraction of sp³-hybridized carbons (Fsp3) is 0.545. The van der Waals surface area contributed by atoms with Gasteiger partial charge in [0.05, 0.1) is 17.6 Å². The van der Waals surface area contributed by atoms with Crippen molar-refractivity contribution in [2.45, 2.75) is 115 Å². The predicted octanol–water partition coefficient (Wildman–Crippen LogP) is 8.77. The molecule has 11 rings (SSSR count). The number of ether oxygens (including phenoxy) is 1. The Morgan fingerprint density at radius 2 is 1.64 bits per heavy atom. The van der Waals surface area contributed by atoms with Crippen molar-refractivity contribution in [1.82, 2.24) is 30.1 Å². The molecule has 6 heterocycles. The van der Waals surface area contributed by atoms with Crippen molar-refractivity contribution < 1.29 is 42.1 Å². The van der Waals surface area contributed by atoms with Crippen molar-refractivity contribution in [2.24, 2.45) is 16.7 Å². The van der Waals surface area contributed by atoms with Gasteiger partial charge in [-0.25, -0.2) is 17.6 Å². The third-order valence-electron chi connectivity index (χ3n) is 17.0. The molecule has 2 aromatic heterocycles. The number of aryl methyl sites for hydroxylation is 1. The molecule has 13 nitrogen and oxygen atoms in total. The number of β-amino-alcohol motifs (C(OH)–C–C–N with tert-alkyl or cyclic N) is 1. The maximum Gasteiger partial charge on any atom is 0.319 e. The second-order valence-corrected chi connectivity index (χ2v) is 22.4. The van der Waals surface area contributed by atoms with Crippen LogP contribution >= 0.6 is 0 Å². The van der Waals surface area contributed by atoms with Gasteiger partial charge >= 0.3 is 6.01 Å². The Morgan fingerprint density at radius 1 is 0.889 bits per heavy atom. The number of likely N-dealkylation sites (tertiary alicyclic amines) is 2. The Labute approximate surface area is 416 Å². The number of aliphatic hydroxyl groups is 1. The monoisotopic (exact) mass is 992 g/mol. The number of pyridine rings is 1. The second-order valence-electron chi connectivity index (χ2n) is 22.4. The Balaban J connectivity index is 0.704. The molecule has 0 radical (unpaired) electrons. The second kappa shape index (κ2) is 19.0. The Bertz CT molecular complexity index is 2900. The number of hydrogen-bond acceptors (Lipinski definition) is 12. The minimum absolute atomic E-state index is 0.00388. The van der Waals surface area contributed by atoms with Gasteiger partial charge in [-0.3, -0.25) is 19.9 Å². The summed E-state index contributed by atoms with van der Waals surface area (Å²) >= 11 is 0. The van der Waals surface area contributed by atoms with Crippen LogP contribution in [0.15, 0.2) is 42.6 Å². The van der Waals surface area contributed by atoms with Gasteiger partial charge in [0.15, 0.2) is 5.82 Å². The molecule has 2 amide bonds. The van der Waals surface area contributed by atoms with Gasteiger partial charge in [-0.1, -0.05) is 13.0 Å². The van der Waals surface area contributed by atoms with Crippen LogP contribution in [0.3, 0.4) is 0 Å². The number of rotatable bonds is 13. The fourth-order valence-corrected chi connectivity index (χ4v) is 12.8. The first kappa shape index (κ1) is 48.6. The Kier molecular flexibility index (Phi) is 12.8. The number of nitrogens with one attached hydrogen (secondary N) is 2. The molecule has 6 aliphatic rings. The lowest BCUT2D eigenvalue weighted by atomic mass is 9.57. The van der Waals surface area contributed by atoms with Crippen molar-refractivity contribution in [1.29, 1.82) is 0 Å². The van der Waals surface area contributed by atoms with Crippen LogP contribution in [0.1, 0.15) is 108 Å². The molecular weight excluding hydrogens is 929 g/mol. The first-order chi connectivity index (χ1) is 34.6. The minimum atomic E-state index is -0.973. The molecule has 4 aliphatic heterocycles. The standard InChI is InChI=1S/C55H64F4N8O5/c1-3-37-40(56)6-5-34-21-36(68)24-38(45(34)37)47-46(59)48-39(27-60-47)50(67-16-4-11-53(2,71)29-67)64-52(63-48)72-31-55(12-13-55)30-66-19-14-54(15-20-66)25-32(26-54)28-65-17-9-33(10-18-65)35-22-41(57)49(42(58)23-35)61-43-7-8-44(69)62-51(43)70/h5-6,21-24,27,32-33,43,61,68,71H,3-4,7-20,25-26,28-31H2,1-2H3,(H,62,69,70)/t43?,53-/m1/s1. The number of carbonyl (C=O) groups is 2. The molecule has 17 heteroatoms. The average Bonchev–Trinajstić information content (AvgIpc) is 4.11. The molecule has 2 aliphatic carbocycles. The number of aromatic nitrogens is 3. The highest BCUT2D eigenvalue weighted by Gasteiger charge is 2.50. The maximum absolute atomic E-state index is 17.1. The first-order valence-electron chi connectivity index (χ1n) is 26.0. The lowest BCUT2D eigenvalue weighted by Crippen LogP contribution is -2.51. The molecule has 3 aromatic carbocycles. The topological polar surface area (TPSA) is 156 Å². The molecule has 2 saturated carbocycles. The average molecular weight is 993 g/mol. The van der Waals surface area contributed by atoms with Crippen LogP contribution in [0, 0.1) is 40.0 Å². The van der Waals surface area contributed by atoms with Crippen LogP contribution in [-0.2, 0) is 16.0 Å². The van der Waals surface area contributed by atoms with Crippen molar-refractivity contribution >= 4 is 45.0 Å². The molecule has 5 aromatic rings. The highest BCUT2D eigenvalue weighted by molar-refractivity contribution is 6.02. The summed E-state index contributed by atoms with van der Waals surface area (Å²) in [6, 6.07) is 7.84. The summed E-state index contributed by atoms with van der Waals surface area (Å²) in [5.41, 5.74) is 0.245. The number of phenolic OH excluding ortho intramolecular Hbond substituents is 1. The molecular formula is C55H64F4N8O5. The van der Waals surface area contributed by atoms with Gasteiger partial charge in [0.1, 0.15) is 52.0 Å². The van der Waals surface area contributed by atoms with Crippen LogP contribution in [0.4, 0.5) is 29.1 Å². The third kappa shape index (κ3) is 9.68. The number of phenols is 1. The molecule has 72 heavy (non-hydrogen) atoms. The summed E-state index contributed by atoms with van der Waals surface area (Å²) < 4.78 is 69.2. The van der Waals surface area contributed by atoms with Crippen molar-refractivity contribution in [2.75, 3.05) is 69.2 Å². The number of carbonyl (C=O) groups excluding carboxylic acids is 2. The summed E-state index contributed by atoms with van der Waals surface area (Å²) in [7, 11) is 0. The van der Waals surface area contributed by atoms with E-state index in [1.807, 2.05) is 11.8 Å². The number of aromatic hydroxyl groups is 1. The summed E-state index contributed by atoms with van der Waals surface area (Å²) in [4.78, 5) is 44.8. The molecule has 4 N–H and O–H groups in total. The number of nitrogens with zero attached hydrogens (tertiary/aromatic N) is 6. The highest BCUT2D eigenvalue weighted by atomic mass is 19.1. The number of halogens is 4. The molecule has 0 bridgehead atoms. The van der Waals surface area contributed by atoms with Crippen LogP contribution in [0.25, 0.3) is 32.9 Å². The number of piperidine rings is 4. The van der Waals surface area contributed by atoms with Gasteiger partial charge < -0.3 is 35.0 Å². The van der Waals surface area contributed by atoms with Crippen LogP contribution in [-0.4, -0.2) is 117 Å². The van der Waals surface area contributed by atoms with E-state index in [1.165, 1.54) is 49.4 Å². The van der Waals surface area contributed by atoms with Crippen LogP contribution in [0.2, 0.25) is 0 Å². The zero-order valence-corrected chi connectivity index (χ0v) is 41.1. The van der Waals surface area contributed by atoms with E-state index in [2.05, 4.69) is 30.4 Å². The summed E-state index contributed by atoms with van der Waals surface area (Å²) in [6.07, 6.45) is 11.9. The van der Waals surface area contributed by atoms with E-state index in [4.69, 9.17) is 9.72 Å². The van der Waals surface area contributed by atoms with Gasteiger partial charge in [-0.15, -0.1) is 0 Å². The normalized spacial score (nSPS) is 23.9. The predicted molar refractivity (Wildman–Crippen MR) is 266 cm³/mol. The molecule has 1 unspecified atom stereocenters. The lowest BCUT2D eigenvalue weighted by molar-refractivity contribution is -0.133. The van der Waals surface area contributed by atoms with E-state index in [0.29, 0.717) is 76.9 Å². The minimum Gasteiger partial charge on any atom is -0.508 e. The van der Waals surface area contributed by atoms with Gasteiger partial charge in [0.25, 0.3) is 0 Å². The van der Waals surface area contributed by atoms with E-state index < -0.39 is 40.8 Å². The van der Waals surface area contributed by atoms with E-state index >= 15 is 17.6 Å². The van der Waals surface area contributed by atoms with Crippen molar-refractivity contribution in [3.8, 4) is 23.0 Å². The van der Waals surface area contributed by atoms with Crippen LogP contribution in [0.5, 0.6) is 11.8 Å². The quantitative estimate of drug-likeness (QED) is 0.0659. The maximum atomic E-state index is 17.1. The Hall–Kier alpha value is -5.65. The number of imide groups is 1. The molecule has 382 valence electrons. The number of benzene rings is 3. The van der Waals surface area contributed by atoms with Gasteiger partial charge in [0, 0.05) is 49.8 Å². The Morgan fingerprint density at radius 3 is 2.33 bits per heavy atom. The number of anilines is 2. The third-order valence-corrected chi connectivity index (χ3v) is 17.0. The molecule has 2 atom stereocenters. The largest absolute Gasteiger partial charge is 0.508 e. The zero-order chi connectivity index (χ0) is 50.1. The van der Waals surface area contributed by atoms with Gasteiger partial charge in [-0.05, 0) is 180 Å². The van der Waals surface area contributed by atoms with E-state index in [1.54, 1.807) is 13.0 Å². The van der Waals surface area contributed by atoms with Gasteiger partial charge in [0.2, 0.25) is 11.8 Å². The number of amides is 2. The molecule has 4 saturated heterocycles. The van der Waals surface area contributed by atoms with E-state index in [-0.39, 0.29) is 70.8 Å². The highest BCUT2D eigenvalue weighted by Crippen LogP contribution is 2.54. The number of fused-ring (bicyclic) bond motifs is 2. The number of hydrogen-bond donors (Lipinski definition) is 4. The smallest absolute Gasteiger partial charge is 0.319 e. The zero-order valence-electron chi connectivity index (χ0n) is 41.1. The van der Waals surface area contributed by atoms with E-state index in [0.717, 1.165) is 77.8 Å². The molecule has 1 spiro atoms. The first-order valence-corrected chi connectivity index (χ1v) is 26.0. The lowest BCUT2D eigenvalue weighted by Gasteiger charge is -2.54. The molecule has 6 fully saturated rings.